The highest BCUT2D eigenvalue weighted by Gasteiger charge is 2.32. The molecule has 0 saturated carbocycles. The number of ether oxygens (including phenoxy) is 2. The Bertz CT molecular complexity index is 1480. The van der Waals surface area contributed by atoms with E-state index in [0.717, 1.165) is 29.2 Å². The fourth-order valence-electron chi connectivity index (χ4n) is 4.58. The van der Waals surface area contributed by atoms with Gasteiger partial charge < -0.3 is 9.47 Å². The molecule has 1 aliphatic rings. The molecule has 0 amide bonds. The maximum atomic E-state index is 13.2. The van der Waals surface area contributed by atoms with E-state index >= 15 is 0 Å². The third-order valence-corrected chi connectivity index (χ3v) is 6.16. The van der Waals surface area contributed by atoms with E-state index in [2.05, 4.69) is 24.7 Å². The molecule has 4 aromatic rings. The number of rotatable bonds is 5. The van der Waals surface area contributed by atoms with Gasteiger partial charge in [-0.3, -0.25) is 9.47 Å². The van der Waals surface area contributed by atoms with Crippen molar-refractivity contribution < 1.29 is 22.6 Å². The molecule has 3 aromatic heterocycles. The predicted octanol–water partition coefficient (Wildman–Crippen LogP) is 3.65. The number of benzene rings is 1. The molecule has 0 bridgehead atoms. The van der Waals surface area contributed by atoms with Crippen LogP contribution in [0.1, 0.15) is 25.0 Å². The average molecular weight is 523 g/mol. The Morgan fingerprint density at radius 2 is 1.83 bits per heavy atom. The summed E-state index contributed by atoms with van der Waals surface area (Å²) in [5.41, 5.74) is 1.44. The molecule has 0 aliphatic carbocycles. The lowest BCUT2D eigenvalue weighted by Crippen LogP contribution is -2.44. The second-order valence-electron chi connectivity index (χ2n) is 8.84. The van der Waals surface area contributed by atoms with Crippen LogP contribution in [0.5, 0.6) is 5.75 Å². The van der Waals surface area contributed by atoms with E-state index in [1.165, 1.54) is 23.0 Å². The second kappa shape index (κ2) is 9.34. The van der Waals surface area contributed by atoms with Crippen LogP contribution in [-0.4, -0.2) is 60.7 Å². The van der Waals surface area contributed by atoms with E-state index in [-0.39, 0.29) is 23.8 Å². The normalized spacial score (nSPS) is 19.3. The number of aromatic nitrogens is 5. The van der Waals surface area contributed by atoms with Crippen molar-refractivity contribution in [2.75, 3.05) is 13.1 Å². The standard InChI is InChI=1S/C23H22ClF3N6O3/c1-13-8-31(9-14(2)35-13)10-16-5-17-20(28-7-16)32(22(34)33-21(17)29-12-30-33)11-15-3-4-18(24)19(6-15)36-23(25,26)27/h3-7,12-14H,8-11H2,1-2H3. The maximum absolute atomic E-state index is 13.2. The van der Waals surface area contributed by atoms with Crippen molar-refractivity contribution in [3.05, 3.63) is 63.4 Å². The summed E-state index contributed by atoms with van der Waals surface area (Å²) < 4.78 is 50.6. The SMILES string of the molecule is CC1CN(Cc2cnc3c(c2)c2ncnn2c(=O)n3Cc2ccc(Cl)c(OC(F)(F)F)c2)CC(C)O1. The molecule has 36 heavy (non-hydrogen) atoms. The Hall–Kier alpha value is -3.22. The zero-order valence-corrected chi connectivity index (χ0v) is 20.1. The van der Waals surface area contributed by atoms with Gasteiger partial charge in [-0.05, 0) is 43.2 Å². The third-order valence-electron chi connectivity index (χ3n) is 5.84. The first-order chi connectivity index (χ1) is 17.1. The van der Waals surface area contributed by atoms with E-state index in [0.29, 0.717) is 28.8 Å². The highest BCUT2D eigenvalue weighted by molar-refractivity contribution is 6.32. The number of hydrogen-bond donors (Lipinski definition) is 0. The molecular weight excluding hydrogens is 501 g/mol. The van der Waals surface area contributed by atoms with Gasteiger partial charge in [0.2, 0.25) is 0 Å². The van der Waals surface area contributed by atoms with E-state index in [1.54, 1.807) is 6.20 Å². The molecular formula is C23H22ClF3N6O3. The van der Waals surface area contributed by atoms with Crippen LogP contribution in [-0.2, 0) is 17.8 Å². The third kappa shape index (κ3) is 5.01. The average Bonchev–Trinajstić information content (AvgIpc) is 3.28. The van der Waals surface area contributed by atoms with Crippen LogP contribution < -0.4 is 10.4 Å². The van der Waals surface area contributed by atoms with Crippen molar-refractivity contribution in [3.63, 3.8) is 0 Å². The summed E-state index contributed by atoms with van der Waals surface area (Å²) in [6, 6.07) is 5.86. The highest BCUT2D eigenvalue weighted by atomic mass is 35.5. The molecule has 0 radical (unpaired) electrons. The van der Waals surface area contributed by atoms with E-state index in [1.807, 2.05) is 19.9 Å². The number of fused-ring (bicyclic) bond motifs is 3. The van der Waals surface area contributed by atoms with Crippen LogP contribution in [0.15, 0.2) is 41.6 Å². The minimum Gasteiger partial charge on any atom is -0.404 e. The number of hydrogen-bond acceptors (Lipinski definition) is 7. The molecule has 0 N–H and O–H groups in total. The van der Waals surface area contributed by atoms with E-state index < -0.39 is 17.8 Å². The van der Waals surface area contributed by atoms with Gasteiger partial charge in [-0.2, -0.15) is 9.61 Å². The lowest BCUT2D eigenvalue weighted by molar-refractivity contribution is -0.274. The highest BCUT2D eigenvalue weighted by Crippen LogP contribution is 2.31. The van der Waals surface area contributed by atoms with E-state index in [9.17, 15) is 18.0 Å². The van der Waals surface area contributed by atoms with Gasteiger partial charge in [0, 0.05) is 25.8 Å². The molecule has 9 nitrogen and oxygen atoms in total. The fraction of sp³-hybridized carbons (Fsp3) is 0.391. The van der Waals surface area contributed by atoms with Gasteiger partial charge in [0.05, 0.1) is 29.2 Å². The quantitative estimate of drug-likeness (QED) is 0.395. The summed E-state index contributed by atoms with van der Waals surface area (Å²) >= 11 is 5.87. The maximum Gasteiger partial charge on any atom is 0.573 e. The molecule has 190 valence electrons. The van der Waals surface area contributed by atoms with Crippen LogP contribution in [0, 0.1) is 0 Å². The largest absolute Gasteiger partial charge is 0.573 e. The summed E-state index contributed by atoms with van der Waals surface area (Å²) in [5.74, 6) is -0.551. The number of nitrogens with zero attached hydrogens (tertiary/aromatic N) is 6. The van der Waals surface area contributed by atoms with Crippen molar-refractivity contribution in [1.29, 1.82) is 0 Å². The van der Waals surface area contributed by atoms with Crippen molar-refractivity contribution in [1.82, 2.24) is 29.0 Å². The molecule has 2 atom stereocenters. The minimum atomic E-state index is -4.90. The summed E-state index contributed by atoms with van der Waals surface area (Å²) in [4.78, 5) is 24.3. The van der Waals surface area contributed by atoms with Crippen molar-refractivity contribution in [3.8, 4) is 5.75 Å². The summed E-state index contributed by atoms with van der Waals surface area (Å²) in [5, 5.41) is 4.44. The second-order valence-corrected chi connectivity index (χ2v) is 9.25. The number of morpholine rings is 1. The van der Waals surface area contributed by atoms with Crippen LogP contribution in [0.2, 0.25) is 5.02 Å². The first kappa shape index (κ1) is 24.5. The molecule has 1 saturated heterocycles. The minimum absolute atomic E-state index is 0.0820. The number of alkyl halides is 3. The topological polar surface area (TPSA) is 86.8 Å². The molecule has 1 aliphatic heterocycles. The van der Waals surface area contributed by atoms with Gasteiger partial charge in [-0.15, -0.1) is 13.2 Å². The summed E-state index contributed by atoms with van der Waals surface area (Å²) in [7, 11) is 0. The number of halogens is 4. The Kier molecular flexibility index (Phi) is 6.35. The predicted molar refractivity (Wildman–Crippen MR) is 125 cm³/mol. The Labute approximate surface area is 208 Å². The molecule has 1 aromatic carbocycles. The fourth-order valence-corrected chi connectivity index (χ4v) is 4.74. The van der Waals surface area contributed by atoms with Crippen molar-refractivity contribution in [2.45, 2.75) is 45.5 Å². The Morgan fingerprint density at radius 1 is 1.08 bits per heavy atom. The van der Waals surface area contributed by atoms with Crippen LogP contribution in [0.3, 0.4) is 0 Å². The number of pyridine rings is 1. The molecule has 4 heterocycles. The molecule has 1 fully saturated rings. The Morgan fingerprint density at radius 3 is 2.56 bits per heavy atom. The molecule has 0 spiro atoms. The van der Waals surface area contributed by atoms with Crippen molar-refractivity contribution in [2.24, 2.45) is 0 Å². The zero-order chi connectivity index (χ0) is 25.6. The summed E-state index contributed by atoms with van der Waals surface area (Å²) in [6.07, 6.45) is -1.71. The summed E-state index contributed by atoms with van der Waals surface area (Å²) in [6.45, 7) is 6.17. The van der Waals surface area contributed by atoms with Gasteiger partial charge in [-0.1, -0.05) is 17.7 Å². The first-order valence-electron chi connectivity index (χ1n) is 11.2. The van der Waals surface area contributed by atoms with Crippen molar-refractivity contribution >= 4 is 28.3 Å². The zero-order valence-electron chi connectivity index (χ0n) is 19.4. The molecule has 5 rings (SSSR count). The monoisotopic (exact) mass is 522 g/mol. The van der Waals surface area contributed by atoms with Gasteiger partial charge >= 0.3 is 12.1 Å². The van der Waals surface area contributed by atoms with Crippen LogP contribution in [0.4, 0.5) is 13.2 Å². The lowest BCUT2D eigenvalue weighted by atomic mass is 10.1. The molecule has 2 unspecified atom stereocenters. The van der Waals surface area contributed by atoms with Gasteiger partial charge in [0.1, 0.15) is 17.7 Å². The first-order valence-corrected chi connectivity index (χ1v) is 11.6. The smallest absolute Gasteiger partial charge is 0.404 e. The Balaban J connectivity index is 1.54. The van der Waals surface area contributed by atoms with Gasteiger partial charge in [0.25, 0.3) is 0 Å². The van der Waals surface area contributed by atoms with Gasteiger partial charge in [-0.25, -0.2) is 14.8 Å². The van der Waals surface area contributed by atoms with Crippen LogP contribution in [0.25, 0.3) is 16.7 Å². The van der Waals surface area contributed by atoms with Crippen LogP contribution >= 0.6 is 11.6 Å². The van der Waals surface area contributed by atoms with Gasteiger partial charge in [0.15, 0.2) is 5.65 Å². The lowest BCUT2D eigenvalue weighted by Gasteiger charge is -2.35. The molecule has 13 heteroatoms. The van der Waals surface area contributed by atoms with E-state index in [4.69, 9.17) is 16.3 Å².